The van der Waals surface area contributed by atoms with Crippen molar-refractivity contribution in [1.82, 2.24) is 19.1 Å². The van der Waals surface area contributed by atoms with Crippen molar-refractivity contribution in [3.05, 3.63) is 200 Å². The van der Waals surface area contributed by atoms with Crippen molar-refractivity contribution in [3.8, 4) is 56.4 Å². The number of nitrogens with zero attached hydrogens (tertiary/aromatic N) is 4. The van der Waals surface area contributed by atoms with Gasteiger partial charge in [-0.3, -0.25) is 0 Å². The molecule has 0 saturated heterocycles. The summed E-state index contributed by atoms with van der Waals surface area (Å²) < 4.78 is 4.84. The van der Waals surface area contributed by atoms with Gasteiger partial charge in [-0.25, -0.2) is 9.97 Å². The number of aromatic nitrogens is 4. The first-order chi connectivity index (χ1) is 29.4. The van der Waals surface area contributed by atoms with E-state index in [0.29, 0.717) is 5.82 Å². The molecule has 0 saturated carbocycles. The van der Waals surface area contributed by atoms with Crippen molar-refractivity contribution in [2.24, 2.45) is 0 Å². The van der Waals surface area contributed by atoms with Crippen LogP contribution in [0.2, 0.25) is 19.6 Å². The molecule has 0 aliphatic rings. The lowest BCUT2D eigenvalue weighted by Gasteiger charge is -2.17. The van der Waals surface area contributed by atoms with Gasteiger partial charge in [-0.05, 0) is 65.7 Å². The monoisotopic (exact) mass is 786 g/mol. The largest absolute Gasteiger partial charge is 0.309 e. The first-order valence-corrected chi connectivity index (χ1v) is 24.2. The van der Waals surface area contributed by atoms with Crippen LogP contribution in [0.5, 0.6) is 0 Å². The molecule has 0 unspecified atom stereocenters. The Morgan fingerprint density at radius 2 is 0.817 bits per heavy atom. The van der Waals surface area contributed by atoms with Gasteiger partial charge in [0.05, 0.1) is 41.5 Å². The number of hydrogen-bond acceptors (Lipinski definition) is 2. The van der Waals surface area contributed by atoms with Gasteiger partial charge in [-0.2, -0.15) is 0 Å². The Kier molecular flexibility index (Phi) is 8.46. The van der Waals surface area contributed by atoms with Crippen LogP contribution in [0.3, 0.4) is 0 Å². The lowest BCUT2D eigenvalue weighted by atomic mass is 10.0. The second-order valence-corrected chi connectivity index (χ2v) is 21.8. The smallest absolute Gasteiger partial charge is 0.160 e. The lowest BCUT2D eigenvalue weighted by Crippen LogP contribution is -2.37. The van der Waals surface area contributed by atoms with Crippen LogP contribution < -0.4 is 5.19 Å². The summed E-state index contributed by atoms with van der Waals surface area (Å²) in [6.07, 6.45) is 0. The van der Waals surface area contributed by atoms with Gasteiger partial charge in [0.15, 0.2) is 5.82 Å². The molecule has 11 rings (SSSR count). The van der Waals surface area contributed by atoms with Crippen LogP contribution >= 0.6 is 0 Å². The van der Waals surface area contributed by atoms with E-state index in [0.717, 1.165) is 44.8 Å². The third-order valence-corrected chi connectivity index (χ3v) is 14.0. The molecule has 0 atom stereocenters. The third kappa shape index (κ3) is 6.14. The van der Waals surface area contributed by atoms with Gasteiger partial charge >= 0.3 is 0 Å². The number of rotatable bonds is 7. The Morgan fingerprint density at radius 1 is 0.333 bits per heavy atom. The minimum absolute atomic E-state index is 0.707. The highest BCUT2D eigenvalue weighted by molar-refractivity contribution is 6.88. The summed E-state index contributed by atoms with van der Waals surface area (Å²) >= 11 is 0. The van der Waals surface area contributed by atoms with Crippen molar-refractivity contribution < 1.29 is 0 Å². The van der Waals surface area contributed by atoms with Crippen molar-refractivity contribution in [2.45, 2.75) is 19.6 Å². The van der Waals surface area contributed by atoms with Crippen LogP contribution in [-0.2, 0) is 0 Å². The summed E-state index contributed by atoms with van der Waals surface area (Å²) in [6, 6.07) is 72.2. The molecular formula is C55H42N4Si. The van der Waals surface area contributed by atoms with Gasteiger partial charge in [-0.15, -0.1) is 0 Å². The van der Waals surface area contributed by atoms with Crippen LogP contribution in [0.4, 0.5) is 0 Å². The maximum absolute atomic E-state index is 5.16. The average molecular weight is 787 g/mol. The van der Waals surface area contributed by atoms with E-state index in [1.807, 2.05) is 24.3 Å². The predicted molar refractivity (Wildman–Crippen MR) is 255 cm³/mol. The minimum atomic E-state index is -1.43. The Balaban J connectivity index is 1.07. The fourth-order valence-electron chi connectivity index (χ4n) is 8.84. The molecule has 0 N–H and O–H groups in total. The first kappa shape index (κ1) is 35.8. The van der Waals surface area contributed by atoms with Crippen LogP contribution in [-0.4, -0.2) is 27.2 Å². The quantitative estimate of drug-likeness (QED) is 0.151. The zero-order valence-electron chi connectivity index (χ0n) is 33.8. The predicted octanol–water partition coefficient (Wildman–Crippen LogP) is 13.9. The second kappa shape index (κ2) is 14.2. The summed E-state index contributed by atoms with van der Waals surface area (Å²) in [6.45, 7) is 7.22. The highest BCUT2D eigenvalue weighted by atomic mass is 28.3. The van der Waals surface area contributed by atoms with Crippen molar-refractivity contribution in [3.63, 3.8) is 0 Å². The van der Waals surface area contributed by atoms with Crippen LogP contribution in [0.15, 0.2) is 200 Å². The summed E-state index contributed by atoms with van der Waals surface area (Å²) in [5.41, 5.74) is 14.2. The van der Waals surface area contributed by atoms with Gasteiger partial charge in [0.2, 0.25) is 0 Å². The first-order valence-electron chi connectivity index (χ1n) is 20.7. The molecule has 5 heteroatoms. The van der Waals surface area contributed by atoms with E-state index in [1.165, 1.54) is 54.6 Å². The van der Waals surface area contributed by atoms with Crippen LogP contribution in [0.1, 0.15) is 0 Å². The Bertz CT molecular complexity index is 3330. The molecule has 0 radical (unpaired) electrons. The number of para-hydroxylation sites is 2. The molecule has 3 aromatic heterocycles. The summed E-state index contributed by atoms with van der Waals surface area (Å²) in [5.74, 6) is 0.707. The zero-order valence-corrected chi connectivity index (χ0v) is 34.8. The molecule has 4 nitrogen and oxygen atoms in total. The van der Waals surface area contributed by atoms with Gasteiger partial charge in [-0.1, -0.05) is 170 Å². The number of benzene rings is 8. The van der Waals surface area contributed by atoms with Crippen LogP contribution in [0, 0.1) is 0 Å². The molecule has 60 heavy (non-hydrogen) atoms. The maximum atomic E-state index is 5.16. The van der Waals surface area contributed by atoms with E-state index in [4.69, 9.17) is 9.97 Å². The van der Waals surface area contributed by atoms with E-state index in [2.05, 4.69) is 205 Å². The van der Waals surface area contributed by atoms with Gasteiger partial charge < -0.3 is 9.13 Å². The van der Waals surface area contributed by atoms with E-state index < -0.39 is 8.07 Å². The Morgan fingerprint density at radius 3 is 1.40 bits per heavy atom. The molecular weight excluding hydrogens is 745 g/mol. The van der Waals surface area contributed by atoms with Crippen LogP contribution in [0.25, 0.3) is 100 Å². The minimum Gasteiger partial charge on any atom is -0.309 e. The second-order valence-electron chi connectivity index (χ2n) is 16.7. The molecule has 0 aliphatic heterocycles. The van der Waals surface area contributed by atoms with Crippen molar-refractivity contribution >= 4 is 56.9 Å². The van der Waals surface area contributed by atoms with Crippen molar-refractivity contribution in [2.75, 3.05) is 0 Å². The van der Waals surface area contributed by atoms with E-state index in [9.17, 15) is 0 Å². The van der Waals surface area contributed by atoms with Gasteiger partial charge in [0.25, 0.3) is 0 Å². The highest BCUT2D eigenvalue weighted by Gasteiger charge is 2.19. The number of fused-ring (bicyclic) bond motifs is 6. The lowest BCUT2D eigenvalue weighted by molar-refractivity contribution is 1.16. The summed E-state index contributed by atoms with van der Waals surface area (Å²) in [7, 11) is -1.43. The molecule has 0 spiro atoms. The highest BCUT2D eigenvalue weighted by Crippen LogP contribution is 2.39. The average Bonchev–Trinajstić information content (AvgIpc) is 3.81. The van der Waals surface area contributed by atoms with Gasteiger partial charge in [0, 0.05) is 49.6 Å². The molecule has 0 amide bonds. The molecule has 8 aromatic carbocycles. The number of hydrogen-bond donors (Lipinski definition) is 0. The third-order valence-electron chi connectivity index (χ3n) is 11.9. The van der Waals surface area contributed by atoms with E-state index in [-0.39, 0.29) is 0 Å². The molecule has 3 heterocycles. The topological polar surface area (TPSA) is 35.6 Å². The summed E-state index contributed by atoms with van der Waals surface area (Å²) in [4.78, 5) is 10.2. The van der Waals surface area contributed by atoms with E-state index >= 15 is 0 Å². The molecule has 0 aliphatic carbocycles. The molecule has 0 fully saturated rings. The maximum Gasteiger partial charge on any atom is 0.160 e. The standard InChI is InChI=1S/C55H42N4Si/c1-60(2,3)44-29-27-42(28-30-44)58-51-23-12-10-21-45(51)47-31-25-39(34-53(47)58)40-26-32-48-46-22-11-13-24-52(46)59(54(48)35-40)43-20-14-19-41(33-43)50-36-49(37-15-6-4-7-16-37)56-55(57-50)38-17-8-5-9-18-38/h4-36H,1-3H3. The molecule has 286 valence electrons. The van der Waals surface area contributed by atoms with Crippen molar-refractivity contribution in [1.29, 1.82) is 0 Å². The van der Waals surface area contributed by atoms with E-state index in [1.54, 1.807) is 0 Å². The Hall–Kier alpha value is -7.34. The summed E-state index contributed by atoms with van der Waals surface area (Å²) in [5, 5.41) is 6.43. The van der Waals surface area contributed by atoms with Gasteiger partial charge in [0.1, 0.15) is 0 Å². The molecule has 11 aromatic rings. The normalized spacial score (nSPS) is 11.9. The fourth-order valence-corrected chi connectivity index (χ4v) is 10.0. The Labute approximate surface area is 350 Å². The fraction of sp³-hybridized carbons (Fsp3) is 0.0545. The zero-order chi connectivity index (χ0) is 40.4. The molecule has 0 bridgehead atoms. The SMILES string of the molecule is C[Si](C)(C)c1ccc(-n2c3ccccc3c3ccc(-c4ccc5c6ccccc6n(-c6cccc(-c7cc(-c8ccccc8)nc(-c8ccccc8)n7)c6)c5c4)cc32)cc1.